The van der Waals surface area contributed by atoms with Gasteiger partial charge < -0.3 is 10.4 Å². The summed E-state index contributed by atoms with van der Waals surface area (Å²) in [6.07, 6.45) is 4.25. The number of nitrogens with zero attached hydrogens (tertiary/aromatic N) is 2. The minimum Gasteiger partial charge on any atom is -0.508 e. The zero-order valence-corrected chi connectivity index (χ0v) is 11.8. The number of nitrogens with one attached hydrogen (secondary N) is 1. The first-order chi connectivity index (χ1) is 9.74. The van der Waals surface area contributed by atoms with E-state index in [-0.39, 0.29) is 11.0 Å². The third-order valence-corrected chi connectivity index (χ3v) is 3.76. The van der Waals surface area contributed by atoms with Crippen molar-refractivity contribution in [3.63, 3.8) is 0 Å². The van der Waals surface area contributed by atoms with E-state index in [1.54, 1.807) is 6.07 Å². The lowest BCUT2D eigenvalue weighted by Crippen LogP contribution is -2.12. The lowest BCUT2D eigenvalue weighted by molar-refractivity contribution is 0.469. The molecule has 0 aliphatic heterocycles. The second kappa shape index (κ2) is 5.67. The number of phenolic OH excluding ortho intramolecular Hbond substituents is 1. The van der Waals surface area contributed by atoms with E-state index in [1.807, 2.05) is 18.2 Å². The molecule has 5 heteroatoms. The van der Waals surface area contributed by atoms with Gasteiger partial charge in [0.05, 0.1) is 5.69 Å². The minimum absolute atomic E-state index is 0.283. The molecule has 0 radical (unpaired) electrons. The van der Waals surface area contributed by atoms with Gasteiger partial charge in [-0.05, 0) is 43.4 Å². The van der Waals surface area contributed by atoms with Gasteiger partial charge >= 0.3 is 0 Å². The fourth-order valence-electron chi connectivity index (χ4n) is 2.55. The Kier molecular flexibility index (Phi) is 3.74. The molecule has 0 fully saturated rings. The third kappa shape index (κ3) is 2.70. The number of rotatable bonds is 3. The van der Waals surface area contributed by atoms with Gasteiger partial charge in [-0.3, -0.25) is 0 Å². The molecule has 1 aromatic heterocycles. The van der Waals surface area contributed by atoms with Gasteiger partial charge in [-0.25, -0.2) is 9.97 Å². The highest BCUT2D eigenvalue weighted by molar-refractivity contribution is 6.28. The third-order valence-electron chi connectivity index (χ3n) is 3.59. The van der Waals surface area contributed by atoms with Crippen LogP contribution in [0.15, 0.2) is 24.3 Å². The summed E-state index contributed by atoms with van der Waals surface area (Å²) >= 11 is 5.98. The molecule has 2 aromatic rings. The molecular formula is C15H16ClN3O. The summed E-state index contributed by atoms with van der Waals surface area (Å²) < 4.78 is 0. The fraction of sp³-hybridized carbons (Fsp3) is 0.333. The van der Waals surface area contributed by atoms with Crippen LogP contribution in [0, 0.1) is 0 Å². The van der Waals surface area contributed by atoms with Crippen LogP contribution in [0.3, 0.4) is 0 Å². The van der Waals surface area contributed by atoms with Crippen LogP contribution in [0.5, 0.6) is 5.75 Å². The normalized spacial score (nSPS) is 13.8. The first-order valence-electron chi connectivity index (χ1n) is 6.80. The molecule has 1 aromatic carbocycles. The van der Waals surface area contributed by atoms with Crippen molar-refractivity contribution >= 4 is 17.4 Å². The molecule has 0 bridgehead atoms. The van der Waals surface area contributed by atoms with E-state index in [0.29, 0.717) is 6.54 Å². The number of benzene rings is 1. The summed E-state index contributed by atoms with van der Waals surface area (Å²) in [5.74, 6) is 1.08. The van der Waals surface area contributed by atoms with Gasteiger partial charge in [-0.15, -0.1) is 0 Å². The van der Waals surface area contributed by atoms with E-state index in [0.717, 1.165) is 48.3 Å². The highest BCUT2D eigenvalue weighted by atomic mass is 35.5. The molecule has 1 heterocycles. The molecule has 0 saturated heterocycles. The summed E-state index contributed by atoms with van der Waals surface area (Å²) in [4.78, 5) is 8.60. The summed E-state index contributed by atoms with van der Waals surface area (Å²) in [6.45, 7) is 0.520. The van der Waals surface area contributed by atoms with E-state index in [4.69, 9.17) is 11.6 Å². The van der Waals surface area contributed by atoms with Crippen LogP contribution < -0.4 is 5.32 Å². The second-order valence-electron chi connectivity index (χ2n) is 4.96. The molecule has 0 saturated carbocycles. The largest absolute Gasteiger partial charge is 0.508 e. The lowest BCUT2D eigenvalue weighted by Gasteiger charge is -2.18. The Morgan fingerprint density at radius 3 is 2.80 bits per heavy atom. The first kappa shape index (κ1) is 13.2. The molecule has 3 rings (SSSR count). The molecule has 104 valence electrons. The smallest absolute Gasteiger partial charge is 0.224 e. The number of halogens is 1. The van der Waals surface area contributed by atoms with Crippen LogP contribution in [-0.2, 0) is 19.4 Å². The molecule has 20 heavy (non-hydrogen) atoms. The van der Waals surface area contributed by atoms with E-state index in [1.165, 1.54) is 0 Å². The molecular weight excluding hydrogens is 274 g/mol. The number of aryl methyl sites for hydroxylation is 1. The minimum atomic E-state index is 0.283. The average molecular weight is 290 g/mol. The Labute approximate surface area is 122 Å². The quantitative estimate of drug-likeness (QED) is 0.851. The highest BCUT2D eigenvalue weighted by Gasteiger charge is 2.17. The predicted octanol–water partition coefficient (Wildman–Crippen LogP) is 3.33. The lowest BCUT2D eigenvalue weighted by atomic mass is 9.96. The Balaban J connectivity index is 1.84. The van der Waals surface area contributed by atoms with Crippen molar-refractivity contribution in [2.75, 3.05) is 5.32 Å². The molecule has 2 N–H and O–H groups in total. The number of anilines is 1. The fourth-order valence-corrected chi connectivity index (χ4v) is 2.74. The van der Waals surface area contributed by atoms with Gasteiger partial charge in [-0.1, -0.05) is 18.2 Å². The number of aromatic hydroxyl groups is 1. The van der Waals surface area contributed by atoms with E-state index < -0.39 is 0 Å². The zero-order chi connectivity index (χ0) is 13.9. The molecule has 1 aliphatic carbocycles. The monoisotopic (exact) mass is 289 g/mol. The SMILES string of the molecule is Oc1ccccc1CNc1nc(Cl)nc2c1CCCC2. The van der Waals surface area contributed by atoms with Crippen molar-refractivity contribution in [1.82, 2.24) is 9.97 Å². The molecule has 0 amide bonds. The van der Waals surface area contributed by atoms with Crippen LogP contribution >= 0.6 is 11.6 Å². The summed E-state index contributed by atoms with van der Waals surface area (Å²) in [6, 6.07) is 7.28. The maximum Gasteiger partial charge on any atom is 0.224 e. The number of aromatic nitrogens is 2. The van der Waals surface area contributed by atoms with Crippen molar-refractivity contribution in [3.8, 4) is 5.75 Å². The second-order valence-corrected chi connectivity index (χ2v) is 5.29. The number of phenols is 1. The Hall–Kier alpha value is -1.81. The summed E-state index contributed by atoms with van der Waals surface area (Å²) in [7, 11) is 0. The van der Waals surface area contributed by atoms with Gasteiger partial charge in [-0.2, -0.15) is 0 Å². The van der Waals surface area contributed by atoms with Crippen LogP contribution in [0.2, 0.25) is 5.28 Å². The molecule has 0 unspecified atom stereocenters. The van der Waals surface area contributed by atoms with Gasteiger partial charge in [0.2, 0.25) is 5.28 Å². The molecule has 4 nitrogen and oxygen atoms in total. The zero-order valence-electron chi connectivity index (χ0n) is 11.1. The molecule has 0 spiro atoms. The van der Waals surface area contributed by atoms with E-state index >= 15 is 0 Å². The standard InChI is InChI=1S/C15H16ClN3O/c16-15-18-12-7-3-2-6-11(12)14(19-15)17-9-10-5-1-4-8-13(10)20/h1,4-5,8,20H,2-3,6-7,9H2,(H,17,18,19). The van der Waals surface area contributed by atoms with Crippen LogP contribution in [0.25, 0.3) is 0 Å². The van der Waals surface area contributed by atoms with Gasteiger partial charge in [0.25, 0.3) is 0 Å². The Morgan fingerprint density at radius 1 is 1.15 bits per heavy atom. The number of para-hydroxylation sites is 1. The van der Waals surface area contributed by atoms with Gasteiger partial charge in [0.15, 0.2) is 0 Å². The van der Waals surface area contributed by atoms with Crippen molar-refractivity contribution in [2.24, 2.45) is 0 Å². The molecule has 1 aliphatic rings. The maximum absolute atomic E-state index is 9.78. The Morgan fingerprint density at radius 2 is 1.95 bits per heavy atom. The van der Waals surface area contributed by atoms with Crippen molar-refractivity contribution in [3.05, 3.63) is 46.4 Å². The van der Waals surface area contributed by atoms with Crippen molar-refractivity contribution in [1.29, 1.82) is 0 Å². The summed E-state index contributed by atoms with van der Waals surface area (Å²) in [5.41, 5.74) is 3.05. The van der Waals surface area contributed by atoms with Crippen LogP contribution in [0.1, 0.15) is 29.7 Å². The average Bonchev–Trinajstić information content (AvgIpc) is 2.46. The highest BCUT2D eigenvalue weighted by Crippen LogP contribution is 2.27. The van der Waals surface area contributed by atoms with E-state index in [9.17, 15) is 5.11 Å². The van der Waals surface area contributed by atoms with E-state index in [2.05, 4.69) is 15.3 Å². The number of fused-ring (bicyclic) bond motifs is 1. The number of hydrogen-bond donors (Lipinski definition) is 2. The topological polar surface area (TPSA) is 58.0 Å². The molecule has 0 atom stereocenters. The van der Waals surface area contributed by atoms with Gasteiger partial charge in [0, 0.05) is 17.7 Å². The van der Waals surface area contributed by atoms with Gasteiger partial charge in [0.1, 0.15) is 11.6 Å². The van der Waals surface area contributed by atoms with Crippen molar-refractivity contribution in [2.45, 2.75) is 32.2 Å². The summed E-state index contributed by atoms with van der Waals surface area (Å²) in [5, 5.41) is 13.3. The van der Waals surface area contributed by atoms with Crippen LogP contribution in [0.4, 0.5) is 5.82 Å². The maximum atomic E-state index is 9.78. The Bertz CT molecular complexity index is 631. The van der Waals surface area contributed by atoms with Crippen molar-refractivity contribution < 1.29 is 5.11 Å². The first-order valence-corrected chi connectivity index (χ1v) is 7.18. The predicted molar refractivity (Wildman–Crippen MR) is 79.1 cm³/mol. The van der Waals surface area contributed by atoms with Crippen LogP contribution in [-0.4, -0.2) is 15.1 Å². The number of hydrogen-bond acceptors (Lipinski definition) is 4.